The highest BCUT2D eigenvalue weighted by Gasteiger charge is 2.16. The second-order valence-electron chi connectivity index (χ2n) is 4.86. The van der Waals surface area contributed by atoms with Crippen LogP contribution in [0.25, 0.3) is 16.6 Å². The number of thioether (sulfide) groups is 1. The van der Waals surface area contributed by atoms with Crippen molar-refractivity contribution in [2.45, 2.75) is 18.9 Å². The van der Waals surface area contributed by atoms with E-state index in [1.165, 1.54) is 27.7 Å². The Bertz CT molecular complexity index is 781. The largest absolute Gasteiger partial charge is 0.293 e. The third-order valence-corrected chi connectivity index (χ3v) is 4.43. The van der Waals surface area contributed by atoms with Gasteiger partial charge in [0.1, 0.15) is 11.2 Å². The third-order valence-electron chi connectivity index (χ3n) is 3.71. The molecule has 20 heavy (non-hydrogen) atoms. The van der Waals surface area contributed by atoms with E-state index in [0.29, 0.717) is 0 Å². The van der Waals surface area contributed by atoms with Crippen LogP contribution >= 0.6 is 11.8 Å². The molecule has 0 aliphatic rings. The summed E-state index contributed by atoms with van der Waals surface area (Å²) in [6, 6.07) is 14.8. The molecule has 0 atom stereocenters. The predicted octanol–water partition coefficient (Wildman–Crippen LogP) is 3.85. The van der Waals surface area contributed by atoms with Gasteiger partial charge in [0.05, 0.1) is 5.39 Å². The Kier molecular flexibility index (Phi) is 3.45. The number of hydrogen-bond acceptors (Lipinski definition) is 2. The Morgan fingerprint density at radius 1 is 1.00 bits per heavy atom. The minimum Gasteiger partial charge on any atom is -0.195 e. The Morgan fingerprint density at radius 3 is 2.60 bits per heavy atom. The quantitative estimate of drug-likeness (QED) is 0.403. The van der Waals surface area contributed by atoms with Gasteiger partial charge in [-0.3, -0.25) is 0 Å². The van der Waals surface area contributed by atoms with Crippen molar-refractivity contribution >= 4 is 22.7 Å². The van der Waals surface area contributed by atoms with Crippen molar-refractivity contribution in [3.63, 3.8) is 0 Å². The number of aryl methyl sites for hydroxylation is 1. The maximum absolute atomic E-state index is 4.60. The summed E-state index contributed by atoms with van der Waals surface area (Å²) < 4.78 is 2.18. The molecule has 0 saturated heterocycles. The summed E-state index contributed by atoms with van der Waals surface area (Å²) in [6.07, 6.45) is 3.99. The summed E-state index contributed by atoms with van der Waals surface area (Å²) in [4.78, 5) is 4.60. The summed E-state index contributed by atoms with van der Waals surface area (Å²) in [5.41, 5.74) is 4.98. The van der Waals surface area contributed by atoms with Crippen LogP contribution in [0.5, 0.6) is 0 Å². The van der Waals surface area contributed by atoms with Gasteiger partial charge in [-0.25, -0.2) is 0 Å². The Labute approximate surface area is 123 Å². The normalized spacial score (nSPS) is 10.9. The first-order valence-corrected chi connectivity index (χ1v) is 7.85. The van der Waals surface area contributed by atoms with Crippen molar-refractivity contribution in [2.24, 2.45) is 0 Å². The van der Waals surface area contributed by atoms with E-state index in [0.717, 1.165) is 5.03 Å². The van der Waals surface area contributed by atoms with Crippen molar-refractivity contribution in [1.29, 1.82) is 0 Å². The van der Waals surface area contributed by atoms with Gasteiger partial charge in [-0.2, -0.15) is 4.57 Å². The molecule has 0 amide bonds. The van der Waals surface area contributed by atoms with Crippen LogP contribution in [0.2, 0.25) is 0 Å². The van der Waals surface area contributed by atoms with Crippen molar-refractivity contribution in [3.05, 3.63) is 59.9 Å². The Balaban J connectivity index is 2.35. The van der Waals surface area contributed by atoms with Crippen LogP contribution in [-0.4, -0.2) is 11.2 Å². The van der Waals surface area contributed by atoms with Crippen molar-refractivity contribution < 1.29 is 4.57 Å². The highest BCUT2D eigenvalue weighted by atomic mass is 32.2. The number of rotatable bonds is 2. The molecule has 3 heteroatoms. The highest BCUT2D eigenvalue weighted by Crippen LogP contribution is 2.23. The van der Waals surface area contributed by atoms with Crippen LogP contribution in [0.1, 0.15) is 11.1 Å². The summed E-state index contributed by atoms with van der Waals surface area (Å²) in [5.74, 6) is 0. The molecular weight excluding hydrogens is 264 g/mol. The molecule has 3 aromatic rings. The van der Waals surface area contributed by atoms with Gasteiger partial charge in [0.25, 0.3) is 6.33 Å². The number of hydrogen-bond donors (Lipinski definition) is 0. The van der Waals surface area contributed by atoms with Crippen molar-refractivity contribution in [2.75, 3.05) is 6.26 Å². The van der Waals surface area contributed by atoms with E-state index in [9.17, 15) is 0 Å². The molecule has 0 radical (unpaired) electrons. The molecule has 1 heterocycles. The molecule has 0 N–H and O–H groups in total. The fourth-order valence-electron chi connectivity index (χ4n) is 2.46. The average Bonchev–Trinajstić information content (AvgIpc) is 2.49. The van der Waals surface area contributed by atoms with Gasteiger partial charge in [-0.05, 0) is 54.4 Å². The van der Waals surface area contributed by atoms with Gasteiger partial charge < -0.3 is 0 Å². The molecule has 0 aliphatic heterocycles. The average molecular weight is 281 g/mol. The minimum absolute atomic E-state index is 1.07. The molecule has 2 nitrogen and oxygen atoms in total. The monoisotopic (exact) mass is 281 g/mol. The standard InChI is InChI=1S/C17H17N2S/c1-12-7-6-10-15(13(12)2)19-11-18-17(20-3)14-8-4-5-9-16(14)19/h4-11H,1-3H3/q+1. The molecule has 3 rings (SSSR count). The van der Waals surface area contributed by atoms with Crippen LogP contribution in [0.4, 0.5) is 0 Å². The van der Waals surface area contributed by atoms with Crippen molar-refractivity contribution in [1.82, 2.24) is 4.98 Å². The zero-order chi connectivity index (χ0) is 14.1. The van der Waals surface area contributed by atoms with Crippen LogP contribution in [-0.2, 0) is 0 Å². The number of aromatic nitrogens is 2. The van der Waals surface area contributed by atoms with Gasteiger partial charge in [0.15, 0.2) is 0 Å². The summed E-state index contributed by atoms with van der Waals surface area (Å²) >= 11 is 1.69. The molecule has 0 fully saturated rings. The lowest BCUT2D eigenvalue weighted by Gasteiger charge is -2.09. The zero-order valence-electron chi connectivity index (χ0n) is 11.9. The lowest BCUT2D eigenvalue weighted by atomic mass is 10.1. The smallest absolute Gasteiger partial charge is 0.195 e. The number of fused-ring (bicyclic) bond motifs is 1. The SMILES string of the molecule is CSc1nc[n+](-c2cccc(C)c2C)c2ccccc12. The summed E-state index contributed by atoms with van der Waals surface area (Å²) in [5, 5.41) is 2.27. The summed E-state index contributed by atoms with van der Waals surface area (Å²) in [6.45, 7) is 4.31. The van der Waals surface area contributed by atoms with Gasteiger partial charge in [0.2, 0.25) is 5.03 Å². The van der Waals surface area contributed by atoms with Gasteiger partial charge in [-0.15, -0.1) is 0 Å². The summed E-state index contributed by atoms with van der Waals surface area (Å²) in [7, 11) is 0. The maximum Gasteiger partial charge on any atom is 0.293 e. The van der Waals surface area contributed by atoms with Crippen LogP contribution < -0.4 is 4.57 Å². The molecule has 1 aromatic heterocycles. The van der Waals surface area contributed by atoms with Gasteiger partial charge in [-0.1, -0.05) is 36.0 Å². The van der Waals surface area contributed by atoms with Crippen LogP contribution in [0.15, 0.2) is 53.8 Å². The minimum atomic E-state index is 1.07. The molecule has 0 unspecified atom stereocenters. The molecule has 0 spiro atoms. The molecule has 0 saturated carbocycles. The highest BCUT2D eigenvalue weighted by molar-refractivity contribution is 7.98. The van der Waals surface area contributed by atoms with Gasteiger partial charge >= 0.3 is 0 Å². The lowest BCUT2D eigenvalue weighted by molar-refractivity contribution is -0.571. The Hall–Kier alpha value is -1.87. The second-order valence-corrected chi connectivity index (χ2v) is 5.65. The lowest BCUT2D eigenvalue weighted by Crippen LogP contribution is -2.33. The van der Waals surface area contributed by atoms with E-state index in [4.69, 9.17) is 0 Å². The van der Waals surface area contributed by atoms with Crippen molar-refractivity contribution in [3.8, 4) is 5.69 Å². The van der Waals surface area contributed by atoms with Crippen LogP contribution in [0, 0.1) is 13.8 Å². The molecule has 100 valence electrons. The number of nitrogens with zero attached hydrogens (tertiary/aromatic N) is 2. The predicted molar refractivity (Wildman–Crippen MR) is 84.5 cm³/mol. The number of para-hydroxylation sites is 1. The van der Waals surface area contributed by atoms with Gasteiger partial charge in [0, 0.05) is 0 Å². The first-order chi connectivity index (χ1) is 9.72. The fraction of sp³-hybridized carbons (Fsp3) is 0.176. The van der Waals surface area contributed by atoms with E-state index in [-0.39, 0.29) is 0 Å². The van der Waals surface area contributed by atoms with E-state index in [1.54, 1.807) is 11.8 Å². The van der Waals surface area contributed by atoms with E-state index >= 15 is 0 Å². The first-order valence-electron chi connectivity index (χ1n) is 6.62. The number of benzene rings is 2. The van der Waals surface area contributed by atoms with E-state index in [2.05, 4.69) is 72.1 Å². The third kappa shape index (κ3) is 2.08. The maximum atomic E-state index is 4.60. The van der Waals surface area contributed by atoms with Crippen LogP contribution in [0.3, 0.4) is 0 Å². The van der Waals surface area contributed by atoms with E-state index in [1.807, 2.05) is 6.33 Å². The Morgan fingerprint density at radius 2 is 1.80 bits per heavy atom. The topological polar surface area (TPSA) is 16.8 Å². The first kappa shape index (κ1) is 13.1. The molecule has 0 bridgehead atoms. The molecule has 2 aromatic carbocycles. The molecular formula is C17H17N2S+. The van der Waals surface area contributed by atoms with E-state index < -0.39 is 0 Å². The fourth-order valence-corrected chi connectivity index (χ4v) is 3.00. The zero-order valence-corrected chi connectivity index (χ0v) is 12.7. The second kappa shape index (κ2) is 5.25. The molecule has 0 aliphatic carbocycles.